The van der Waals surface area contributed by atoms with Gasteiger partial charge in [0.15, 0.2) is 0 Å². The molecule has 20 heteroatoms. The molecule has 0 amide bonds. The van der Waals surface area contributed by atoms with Crippen LogP contribution in [0.5, 0.6) is 0 Å². The van der Waals surface area contributed by atoms with Crippen LogP contribution < -0.4 is 0 Å². The Kier molecular flexibility index (Phi) is 23.1. The van der Waals surface area contributed by atoms with Crippen LogP contribution in [0.25, 0.3) is 21.3 Å². The molecule has 4 aliphatic rings. The molecule has 4 N–H and O–H groups in total. The SMILES string of the molecule is O=C(O)C(F)(F)F.O=C(O)C(F)(F)F.ON1CC=CC=C1[N-]C1CCCC[N-]1.ON1CCCCC1[N-]C1CCCC[N-]1.[Cu+2].[Cu+2]. The summed E-state index contributed by atoms with van der Waals surface area (Å²) in [4.78, 5) is 17.8. The number of halogens is 6. The van der Waals surface area contributed by atoms with Gasteiger partial charge in [0.05, 0.1) is 0 Å². The van der Waals surface area contributed by atoms with Crippen molar-refractivity contribution < 1.29 is 90.7 Å². The first-order valence-electron chi connectivity index (χ1n) is 13.2. The predicted octanol–water partition coefficient (Wildman–Crippen LogP) is 6.05. The van der Waals surface area contributed by atoms with Gasteiger partial charge in [-0.15, -0.1) is 19.3 Å². The van der Waals surface area contributed by atoms with Crippen molar-refractivity contribution in [2.75, 3.05) is 26.2 Å². The first-order valence-corrected chi connectivity index (χ1v) is 13.2. The number of hydrogen-bond donors (Lipinski definition) is 4. The molecular formula is C24H36Cu2F6N6O6. The Balaban J connectivity index is 0. The Labute approximate surface area is 272 Å². The van der Waals surface area contributed by atoms with E-state index in [-0.39, 0.29) is 52.6 Å². The molecule has 12 nitrogen and oxygen atoms in total. The Hall–Kier alpha value is -1.60. The molecule has 3 fully saturated rings. The van der Waals surface area contributed by atoms with Gasteiger partial charge in [-0.05, 0) is 18.8 Å². The van der Waals surface area contributed by atoms with Gasteiger partial charge in [-0.1, -0.05) is 75.8 Å². The molecule has 4 aliphatic heterocycles. The van der Waals surface area contributed by atoms with E-state index in [1.807, 2.05) is 18.2 Å². The Morgan fingerprint density at radius 2 is 1.27 bits per heavy atom. The van der Waals surface area contributed by atoms with E-state index >= 15 is 0 Å². The van der Waals surface area contributed by atoms with E-state index in [4.69, 9.17) is 19.8 Å². The van der Waals surface area contributed by atoms with Gasteiger partial charge >= 0.3 is 58.4 Å². The zero-order valence-corrected chi connectivity index (χ0v) is 25.2. The van der Waals surface area contributed by atoms with Gasteiger partial charge in [-0.25, -0.2) is 20.8 Å². The number of carboxylic acids is 2. The van der Waals surface area contributed by atoms with E-state index in [2.05, 4.69) is 21.3 Å². The van der Waals surface area contributed by atoms with Gasteiger partial charge in [0.1, 0.15) is 0 Å². The molecule has 0 spiro atoms. The molecule has 44 heavy (non-hydrogen) atoms. The van der Waals surface area contributed by atoms with Gasteiger partial charge < -0.3 is 47.0 Å². The second-order valence-corrected chi connectivity index (χ2v) is 9.32. The van der Waals surface area contributed by atoms with E-state index < -0.39 is 24.3 Å². The molecule has 0 aliphatic carbocycles. The quantitative estimate of drug-likeness (QED) is 0.198. The third-order valence-corrected chi connectivity index (χ3v) is 5.90. The predicted molar refractivity (Wildman–Crippen MR) is 138 cm³/mol. The fourth-order valence-electron chi connectivity index (χ4n) is 3.77. The Morgan fingerprint density at radius 1 is 0.795 bits per heavy atom. The number of hydroxylamine groups is 4. The Morgan fingerprint density at radius 3 is 1.68 bits per heavy atom. The molecule has 3 saturated heterocycles. The third kappa shape index (κ3) is 19.7. The topological polar surface area (TPSA) is 178 Å². The molecule has 3 unspecified atom stereocenters. The van der Waals surface area contributed by atoms with Crippen molar-refractivity contribution in [3.63, 3.8) is 0 Å². The molecule has 4 heterocycles. The first kappa shape index (κ1) is 44.5. The molecule has 0 aromatic carbocycles. The van der Waals surface area contributed by atoms with Gasteiger partial charge in [-0.3, -0.25) is 0 Å². The minimum atomic E-state index is -5.08. The molecular weight excluding hydrogens is 709 g/mol. The largest absolute Gasteiger partial charge is 2.00 e. The maximum absolute atomic E-state index is 10.6. The molecule has 0 aromatic rings. The summed E-state index contributed by atoms with van der Waals surface area (Å²) in [5.41, 5.74) is 0. The molecule has 0 aromatic heterocycles. The molecule has 0 saturated carbocycles. The summed E-state index contributed by atoms with van der Waals surface area (Å²) in [6.45, 7) is 3.14. The Bertz CT molecular complexity index is 852. The average molecular weight is 746 g/mol. The van der Waals surface area contributed by atoms with Crippen molar-refractivity contribution in [3.05, 3.63) is 45.3 Å². The number of rotatable bonds is 4. The van der Waals surface area contributed by atoms with Gasteiger partial charge in [0, 0.05) is 6.54 Å². The maximum Gasteiger partial charge on any atom is 2.00 e. The first-order chi connectivity index (χ1) is 19.6. The van der Waals surface area contributed by atoms with Crippen LogP contribution in [0.3, 0.4) is 0 Å². The minimum absolute atomic E-state index is 0. The standard InChI is InChI=1S/C10H19N3O.C10H15N3O.2C2HF3O2.2Cu/c2*14-13-8-4-2-6-10(13)12-9-5-1-3-7-11-9;2*3-2(4,5)1(6)7;;/h9-10,14H,1-8H2;2,4,6,9,14H,1,3,5,7-8H2;2*(H,6,7);;/q2*-2;;;2*+2. The van der Waals surface area contributed by atoms with Gasteiger partial charge in [-0.2, -0.15) is 26.3 Å². The van der Waals surface area contributed by atoms with Crippen molar-refractivity contribution >= 4 is 11.9 Å². The fraction of sp³-hybridized carbons (Fsp3) is 0.750. The maximum atomic E-state index is 10.6. The summed E-state index contributed by atoms with van der Waals surface area (Å²) in [6, 6.07) is 0. The van der Waals surface area contributed by atoms with Crippen molar-refractivity contribution in [2.24, 2.45) is 0 Å². The summed E-state index contributed by atoms with van der Waals surface area (Å²) in [7, 11) is 0. The summed E-state index contributed by atoms with van der Waals surface area (Å²) in [5.74, 6) is -4.89. The molecule has 4 rings (SSSR count). The number of piperidine rings is 3. The van der Waals surface area contributed by atoms with Gasteiger partial charge in [0.2, 0.25) is 0 Å². The van der Waals surface area contributed by atoms with Crippen LogP contribution >= 0.6 is 0 Å². The van der Waals surface area contributed by atoms with Crippen LogP contribution in [0.15, 0.2) is 24.0 Å². The monoisotopic (exact) mass is 744 g/mol. The van der Waals surface area contributed by atoms with Crippen molar-refractivity contribution in [3.8, 4) is 0 Å². The van der Waals surface area contributed by atoms with E-state index in [9.17, 15) is 36.8 Å². The number of aliphatic carboxylic acids is 2. The molecule has 2 radical (unpaired) electrons. The van der Waals surface area contributed by atoms with E-state index in [1.165, 1.54) is 37.2 Å². The van der Waals surface area contributed by atoms with E-state index in [0.717, 1.165) is 50.4 Å². The van der Waals surface area contributed by atoms with E-state index in [0.29, 0.717) is 12.4 Å². The van der Waals surface area contributed by atoms with Crippen LogP contribution in [0.1, 0.15) is 57.8 Å². The van der Waals surface area contributed by atoms with Crippen molar-refractivity contribution in [2.45, 2.75) is 88.6 Å². The van der Waals surface area contributed by atoms with Crippen LogP contribution in [0.2, 0.25) is 0 Å². The van der Waals surface area contributed by atoms with Gasteiger partial charge in [0.25, 0.3) is 0 Å². The van der Waals surface area contributed by atoms with Crippen molar-refractivity contribution in [1.82, 2.24) is 10.1 Å². The van der Waals surface area contributed by atoms with E-state index in [1.54, 1.807) is 0 Å². The summed E-state index contributed by atoms with van der Waals surface area (Å²) < 4.78 is 63.5. The van der Waals surface area contributed by atoms with Crippen LogP contribution in [0.4, 0.5) is 26.3 Å². The average Bonchev–Trinajstić information content (AvgIpc) is 2.93. The zero-order chi connectivity index (χ0) is 31.8. The number of hydrogen-bond acceptors (Lipinski definition) is 6. The van der Waals surface area contributed by atoms with Crippen molar-refractivity contribution in [1.29, 1.82) is 0 Å². The van der Waals surface area contributed by atoms with Crippen LogP contribution in [0, 0.1) is 0 Å². The van der Waals surface area contributed by atoms with Crippen LogP contribution in [-0.2, 0) is 43.7 Å². The molecule has 3 atom stereocenters. The third-order valence-electron chi connectivity index (χ3n) is 5.90. The summed E-state index contributed by atoms with van der Waals surface area (Å²) >= 11 is 0. The second kappa shape index (κ2) is 22.8. The number of carbonyl (C=O) groups is 2. The smallest absolute Gasteiger partial charge is 0.678 e. The number of nitrogens with zero attached hydrogens (tertiary/aromatic N) is 6. The zero-order valence-electron chi connectivity index (χ0n) is 23.3. The molecule has 262 valence electrons. The number of allylic oxidation sites excluding steroid dienone is 2. The number of carboxylic acid groups (broad SMARTS) is 2. The summed E-state index contributed by atoms with van der Waals surface area (Å²) in [6.07, 6.45) is 5.80. The second-order valence-electron chi connectivity index (χ2n) is 9.32. The minimum Gasteiger partial charge on any atom is -0.678 e. The summed E-state index contributed by atoms with van der Waals surface area (Å²) in [5, 5.41) is 53.7. The van der Waals surface area contributed by atoms with Crippen LogP contribution in [-0.4, -0.2) is 99.7 Å². The number of alkyl halides is 6. The fourth-order valence-corrected chi connectivity index (χ4v) is 3.77. The normalized spacial score (nSPS) is 23.7. The molecule has 0 bridgehead atoms.